The summed E-state index contributed by atoms with van der Waals surface area (Å²) in [5, 5.41) is 0. The van der Waals surface area contributed by atoms with Gasteiger partial charge in [0.15, 0.2) is 11.2 Å². The van der Waals surface area contributed by atoms with Gasteiger partial charge in [0.25, 0.3) is 5.56 Å². The van der Waals surface area contributed by atoms with Crippen molar-refractivity contribution in [3.05, 3.63) is 50.9 Å². The summed E-state index contributed by atoms with van der Waals surface area (Å²) in [4.78, 5) is 43.7. The molecule has 146 valence electrons. The number of carbonyl (C=O) groups is 1. The van der Waals surface area contributed by atoms with Gasteiger partial charge in [-0.05, 0) is 31.2 Å². The van der Waals surface area contributed by atoms with Gasteiger partial charge in [-0.1, -0.05) is 0 Å². The molecule has 0 N–H and O–H groups in total. The quantitative estimate of drug-likeness (QED) is 0.614. The van der Waals surface area contributed by atoms with E-state index in [2.05, 4.69) is 4.98 Å². The number of imidazole rings is 1. The number of hydrogen-bond acceptors (Lipinski definition) is 6. The van der Waals surface area contributed by atoms with Gasteiger partial charge >= 0.3 is 11.7 Å². The molecule has 0 unspecified atom stereocenters. The monoisotopic (exact) mass is 387 g/mol. The van der Waals surface area contributed by atoms with Crippen LogP contribution >= 0.6 is 0 Å². The molecule has 1 aliphatic heterocycles. The van der Waals surface area contributed by atoms with E-state index in [4.69, 9.17) is 4.74 Å². The summed E-state index contributed by atoms with van der Waals surface area (Å²) >= 11 is 0. The lowest BCUT2D eigenvalue weighted by atomic mass is 10.3. The van der Waals surface area contributed by atoms with E-state index in [9.17, 15) is 18.8 Å². The lowest BCUT2D eigenvalue weighted by Gasteiger charge is -2.15. The molecule has 3 aromatic rings. The molecule has 0 saturated heterocycles. The van der Waals surface area contributed by atoms with Crippen molar-refractivity contribution in [3.63, 3.8) is 0 Å². The molecule has 1 aliphatic rings. The van der Waals surface area contributed by atoms with Crippen LogP contribution in [0.1, 0.15) is 6.92 Å². The summed E-state index contributed by atoms with van der Waals surface area (Å²) < 4.78 is 21.9. The van der Waals surface area contributed by atoms with Crippen molar-refractivity contribution in [1.29, 1.82) is 0 Å². The zero-order chi connectivity index (χ0) is 20.0. The summed E-state index contributed by atoms with van der Waals surface area (Å²) in [5.74, 6) is -0.515. The minimum Gasteiger partial charge on any atom is -0.465 e. The Bertz CT molecular complexity index is 1190. The van der Waals surface area contributed by atoms with Gasteiger partial charge in [0.05, 0.1) is 6.61 Å². The molecule has 0 fully saturated rings. The van der Waals surface area contributed by atoms with Crippen molar-refractivity contribution in [1.82, 2.24) is 18.7 Å². The van der Waals surface area contributed by atoms with Gasteiger partial charge in [-0.2, -0.15) is 4.98 Å². The predicted octanol–water partition coefficient (Wildman–Crippen LogP) is 0.751. The maximum atomic E-state index is 13.2. The van der Waals surface area contributed by atoms with Crippen LogP contribution in [0.5, 0.6) is 0 Å². The van der Waals surface area contributed by atoms with Crippen molar-refractivity contribution in [2.24, 2.45) is 7.05 Å². The van der Waals surface area contributed by atoms with E-state index in [0.717, 1.165) is 10.3 Å². The molecule has 0 amide bonds. The third kappa shape index (κ3) is 2.68. The first-order valence-corrected chi connectivity index (χ1v) is 8.81. The number of ether oxygens (including phenoxy) is 1. The van der Waals surface area contributed by atoms with Gasteiger partial charge in [-0.15, -0.1) is 0 Å². The molecular weight excluding hydrogens is 369 g/mol. The highest BCUT2D eigenvalue weighted by molar-refractivity contribution is 5.78. The molecule has 4 rings (SSSR count). The molecule has 0 aliphatic carbocycles. The summed E-state index contributed by atoms with van der Waals surface area (Å²) in [7, 11) is 1.50. The second-order valence-corrected chi connectivity index (χ2v) is 6.40. The molecule has 10 heteroatoms. The summed E-state index contributed by atoms with van der Waals surface area (Å²) in [6.07, 6.45) is 0. The van der Waals surface area contributed by atoms with Crippen molar-refractivity contribution >= 4 is 28.8 Å². The van der Waals surface area contributed by atoms with Crippen LogP contribution in [0.25, 0.3) is 11.2 Å². The predicted molar refractivity (Wildman–Crippen MR) is 99.3 cm³/mol. The van der Waals surface area contributed by atoms with E-state index in [-0.39, 0.29) is 23.6 Å². The fourth-order valence-electron chi connectivity index (χ4n) is 3.42. The highest BCUT2D eigenvalue weighted by Crippen LogP contribution is 2.31. The molecule has 0 saturated carbocycles. The number of fused-ring (bicyclic) bond motifs is 3. The molecule has 0 spiro atoms. The largest absolute Gasteiger partial charge is 0.465 e. The fraction of sp³-hybridized carbons (Fsp3) is 0.333. The van der Waals surface area contributed by atoms with Crippen molar-refractivity contribution in [2.45, 2.75) is 20.0 Å². The third-order valence-corrected chi connectivity index (χ3v) is 4.73. The summed E-state index contributed by atoms with van der Waals surface area (Å²) in [5.41, 5.74) is -0.0308. The van der Waals surface area contributed by atoms with Crippen LogP contribution in [0.4, 0.5) is 16.0 Å². The summed E-state index contributed by atoms with van der Waals surface area (Å²) in [6.45, 7) is 2.36. The Morgan fingerprint density at radius 1 is 1.21 bits per heavy atom. The number of benzene rings is 1. The van der Waals surface area contributed by atoms with E-state index in [1.807, 2.05) is 4.90 Å². The van der Waals surface area contributed by atoms with Crippen molar-refractivity contribution in [2.75, 3.05) is 18.1 Å². The SMILES string of the molecule is CCOC(=O)Cn1c(=O)c2c(nc3n2CCN3c2ccc(F)cc2)n(C)c1=O. The lowest BCUT2D eigenvalue weighted by Crippen LogP contribution is -2.41. The van der Waals surface area contributed by atoms with E-state index in [0.29, 0.717) is 19.0 Å². The van der Waals surface area contributed by atoms with Crippen molar-refractivity contribution in [3.8, 4) is 0 Å². The average Bonchev–Trinajstić information content (AvgIpc) is 3.24. The first-order chi connectivity index (χ1) is 13.4. The Kier molecular flexibility index (Phi) is 4.25. The maximum absolute atomic E-state index is 13.2. The number of nitrogens with zero attached hydrogens (tertiary/aromatic N) is 5. The molecule has 9 nitrogen and oxygen atoms in total. The number of esters is 1. The van der Waals surface area contributed by atoms with Crippen LogP contribution in [0.3, 0.4) is 0 Å². The topological polar surface area (TPSA) is 91.4 Å². The molecule has 2 aromatic heterocycles. The van der Waals surface area contributed by atoms with E-state index >= 15 is 0 Å². The second-order valence-electron chi connectivity index (χ2n) is 6.40. The minimum atomic E-state index is -0.657. The van der Waals surface area contributed by atoms with Crippen LogP contribution in [-0.4, -0.2) is 37.8 Å². The standard InChI is InChI=1S/C18H18FN5O4/c1-3-28-13(25)10-24-16(26)14-15(21(2)18(24)27)20-17-22(8-9-23(14)17)12-6-4-11(19)5-7-12/h4-7H,3,8-10H2,1-2H3. The van der Waals surface area contributed by atoms with Gasteiger partial charge in [0.2, 0.25) is 5.95 Å². The zero-order valence-electron chi connectivity index (χ0n) is 15.4. The minimum absolute atomic E-state index is 0.158. The second kappa shape index (κ2) is 6.63. The van der Waals surface area contributed by atoms with Gasteiger partial charge in [0.1, 0.15) is 12.4 Å². The molecule has 28 heavy (non-hydrogen) atoms. The smallest absolute Gasteiger partial charge is 0.333 e. The Labute approximate surface area is 158 Å². The first-order valence-electron chi connectivity index (χ1n) is 8.81. The van der Waals surface area contributed by atoms with Gasteiger partial charge in [0, 0.05) is 25.8 Å². The number of aryl methyl sites for hydroxylation is 1. The van der Waals surface area contributed by atoms with Gasteiger partial charge in [-0.3, -0.25) is 14.2 Å². The number of rotatable bonds is 4. The Morgan fingerprint density at radius 2 is 1.93 bits per heavy atom. The zero-order valence-corrected chi connectivity index (χ0v) is 15.4. The third-order valence-electron chi connectivity index (χ3n) is 4.73. The Hall–Kier alpha value is -3.43. The van der Waals surface area contributed by atoms with Crippen LogP contribution in [0.2, 0.25) is 0 Å². The number of hydrogen-bond donors (Lipinski definition) is 0. The van der Waals surface area contributed by atoms with Crippen LogP contribution in [0, 0.1) is 5.82 Å². The number of aromatic nitrogens is 4. The highest BCUT2D eigenvalue weighted by Gasteiger charge is 2.29. The molecule has 1 aromatic carbocycles. The van der Waals surface area contributed by atoms with Crippen LogP contribution in [0.15, 0.2) is 33.9 Å². The maximum Gasteiger partial charge on any atom is 0.333 e. The van der Waals surface area contributed by atoms with Crippen LogP contribution in [-0.2, 0) is 29.7 Å². The van der Waals surface area contributed by atoms with Crippen LogP contribution < -0.4 is 16.1 Å². The molecule has 0 atom stereocenters. The first kappa shape index (κ1) is 18.0. The van der Waals surface area contributed by atoms with Gasteiger partial charge in [-0.25, -0.2) is 13.8 Å². The van der Waals surface area contributed by atoms with Gasteiger partial charge < -0.3 is 14.2 Å². The Morgan fingerprint density at radius 3 is 2.61 bits per heavy atom. The number of halogens is 1. The number of anilines is 2. The fourth-order valence-corrected chi connectivity index (χ4v) is 3.42. The van der Waals surface area contributed by atoms with E-state index < -0.39 is 23.8 Å². The number of carbonyl (C=O) groups excluding carboxylic acids is 1. The van der Waals surface area contributed by atoms with E-state index in [1.165, 1.54) is 23.7 Å². The van der Waals surface area contributed by atoms with Crippen molar-refractivity contribution < 1.29 is 13.9 Å². The van der Waals surface area contributed by atoms with E-state index in [1.54, 1.807) is 23.6 Å². The molecular formula is C18H18FN5O4. The molecule has 0 bridgehead atoms. The average molecular weight is 387 g/mol. The highest BCUT2D eigenvalue weighted by atomic mass is 19.1. The Balaban J connectivity index is 1.87. The normalized spacial score (nSPS) is 13.2. The lowest BCUT2D eigenvalue weighted by molar-refractivity contribution is -0.143. The summed E-state index contributed by atoms with van der Waals surface area (Å²) in [6, 6.07) is 5.95. The molecule has 3 heterocycles. The molecule has 0 radical (unpaired) electrons.